The summed E-state index contributed by atoms with van der Waals surface area (Å²) < 4.78 is 13.7. The quantitative estimate of drug-likeness (QED) is 0.904. The Morgan fingerprint density at radius 1 is 1.15 bits per heavy atom. The standard InChI is InChI=1S/C17H18FNO/c1-3-13-6-4-5-7-14(13)11-19-17(20)15-9-8-12(2)10-16(15)18/h4-10H,3,11H2,1-2H3,(H,19,20). The van der Waals surface area contributed by atoms with Gasteiger partial charge in [0.25, 0.3) is 5.91 Å². The Kier molecular flexibility index (Phi) is 4.51. The second-order valence-corrected chi connectivity index (χ2v) is 4.79. The molecule has 0 heterocycles. The zero-order valence-electron chi connectivity index (χ0n) is 11.7. The average molecular weight is 271 g/mol. The van der Waals surface area contributed by atoms with Gasteiger partial charge in [-0.1, -0.05) is 37.3 Å². The molecule has 2 nitrogen and oxygen atoms in total. The number of hydrogen-bond acceptors (Lipinski definition) is 1. The number of aryl methyl sites for hydroxylation is 2. The highest BCUT2D eigenvalue weighted by Crippen LogP contribution is 2.12. The summed E-state index contributed by atoms with van der Waals surface area (Å²) in [5.74, 6) is -0.861. The molecule has 1 N–H and O–H groups in total. The van der Waals surface area contributed by atoms with Crippen molar-refractivity contribution in [2.24, 2.45) is 0 Å². The highest BCUT2D eigenvalue weighted by Gasteiger charge is 2.11. The summed E-state index contributed by atoms with van der Waals surface area (Å²) in [7, 11) is 0. The maximum atomic E-state index is 13.7. The molecule has 20 heavy (non-hydrogen) atoms. The molecule has 0 aliphatic carbocycles. The van der Waals surface area contributed by atoms with Crippen molar-refractivity contribution in [2.45, 2.75) is 26.8 Å². The van der Waals surface area contributed by atoms with Crippen molar-refractivity contribution in [2.75, 3.05) is 0 Å². The minimum Gasteiger partial charge on any atom is -0.348 e. The van der Waals surface area contributed by atoms with E-state index < -0.39 is 5.82 Å². The molecule has 0 saturated carbocycles. The number of amides is 1. The summed E-state index contributed by atoms with van der Waals surface area (Å²) in [5.41, 5.74) is 3.15. The summed E-state index contributed by atoms with van der Waals surface area (Å²) >= 11 is 0. The van der Waals surface area contributed by atoms with Crippen LogP contribution in [0.4, 0.5) is 4.39 Å². The van der Waals surface area contributed by atoms with Crippen LogP contribution in [0.25, 0.3) is 0 Å². The SMILES string of the molecule is CCc1ccccc1CNC(=O)c1ccc(C)cc1F. The molecule has 0 radical (unpaired) electrons. The maximum absolute atomic E-state index is 13.7. The van der Waals surface area contributed by atoms with Gasteiger partial charge in [-0.15, -0.1) is 0 Å². The van der Waals surface area contributed by atoms with E-state index in [2.05, 4.69) is 12.2 Å². The lowest BCUT2D eigenvalue weighted by molar-refractivity contribution is 0.0947. The van der Waals surface area contributed by atoms with E-state index in [-0.39, 0.29) is 11.5 Å². The van der Waals surface area contributed by atoms with Crippen molar-refractivity contribution in [3.05, 3.63) is 70.5 Å². The summed E-state index contributed by atoms with van der Waals surface area (Å²) in [6, 6.07) is 12.5. The normalized spacial score (nSPS) is 10.3. The lowest BCUT2D eigenvalue weighted by atomic mass is 10.1. The molecule has 3 heteroatoms. The molecular weight excluding hydrogens is 253 g/mol. The van der Waals surface area contributed by atoms with Gasteiger partial charge in [-0.05, 0) is 42.2 Å². The first-order valence-electron chi connectivity index (χ1n) is 6.73. The molecule has 0 aliphatic rings. The van der Waals surface area contributed by atoms with E-state index in [1.165, 1.54) is 17.7 Å². The molecule has 0 saturated heterocycles. The van der Waals surface area contributed by atoms with Crippen LogP contribution < -0.4 is 5.32 Å². The van der Waals surface area contributed by atoms with E-state index in [9.17, 15) is 9.18 Å². The molecule has 0 spiro atoms. The van der Waals surface area contributed by atoms with E-state index in [0.717, 1.165) is 17.5 Å². The average Bonchev–Trinajstić information content (AvgIpc) is 2.45. The highest BCUT2D eigenvalue weighted by molar-refractivity contribution is 5.94. The van der Waals surface area contributed by atoms with Crippen molar-refractivity contribution in [3.63, 3.8) is 0 Å². The van der Waals surface area contributed by atoms with Crippen LogP contribution in [-0.4, -0.2) is 5.91 Å². The third-order valence-corrected chi connectivity index (χ3v) is 3.31. The van der Waals surface area contributed by atoms with Gasteiger partial charge in [0.15, 0.2) is 0 Å². The number of hydrogen-bond donors (Lipinski definition) is 1. The Morgan fingerprint density at radius 2 is 1.85 bits per heavy atom. The van der Waals surface area contributed by atoms with Gasteiger partial charge in [0.05, 0.1) is 5.56 Å². The van der Waals surface area contributed by atoms with Gasteiger partial charge in [0, 0.05) is 6.54 Å². The fourth-order valence-corrected chi connectivity index (χ4v) is 2.15. The zero-order chi connectivity index (χ0) is 14.5. The minimum absolute atomic E-state index is 0.0876. The Balaban J connectivity index is 2.09. The molecule has 0 aromatic heterocycles. The molecule has 1 amide bonds. The van der Waals surface area contributed by atoms with Crippen molar-refractivity contribution < 1.29 is 9.18 Å². The van der Waals surface area contributed by atoms with Crippen LogP contribution in [0.15, 0.2) is 42.5 Å². The molecule has 2 rings (SSSR count). The first-order valence-corrected chi connectivity index (χ1v) is 6.73. The van der Waals surface area contributed by atoms with E-state index in [4.69, 9.17) is 0 Å². The van der Waals surface area contributed by atoms with Crippen LogP contribution in [-0.2, 0) is 13.0 Å². The van der Waals surface area contributed by atoms with Gasteiger partial charge in [0.2, 0.25) is 0 Å². The minimum atomic E-state index is -0.480. The van der Waals surface area contributed by atoms with Gasteiger partial charge in [-0.3, -0.25) is 4.79 Å². The molecule has 0 aliphatic heterocycles. The monoisotopic (exact) mass is 271 g/mol. The van der Waals surface area contributed by atoms with Crippen molar-refractivity contribution in [1.29, 1.82) is 0 Å². The molecule has 104 valence electrons. The van der Waals surface area contributed by atoms with E-state index in [1.54, 1.807) is 13.0 Å². The van der Waals surface area contributed by atoms with Crippen LogP contribution in [0, 0.1) is 12.7 Å². The third-order valence-electron chi connectivity index (χ3n) is 3.31. The molecule has 2 aromatic rings. The largest absolute Gasteiger partial charge is 0.348 e. The maximum Gasteiger partial charge on any atom is 0.254 e. The number of carbonyl (C=O) groups is 1. The van der Waals surface area contributed by atoms with Crippen LogP contribution in [0.5, 0.6) is 0 Å². The number of carbonyl (C=O) groups excluding carboxylic acids is 1. The molecule has 2 aromatic carbocycles. The van der Waals surface area contributed by atoms with Gasteiger partial charge in [-0.25, -0.2) is 4.39 Å². The number of benzene rings is 2. The molecular formula is C17H18FNO. The van der Waals surface area contributed by atoms with E-state index in [0.29, 0.717) is 6.54 Å². The van der Waals surface area contributed by atoms with Crippen molar-refractivity contribution in [1.82, 2.24) is 5.32 Å². The van der Waals surface area contributed by atoms with Gasteiger partial charge in [0.1, 0.15) is 5.82 Å². The van der Waals surface area contributed by atoms with E-state index in [1.807, 2.05) is 24.3 Å². The Morgan fingerprint density at radius 3 is 2.50 bits per heavy atom. The second kappa shape index (κ2) is 6.33. The summed E-state index contributed by atoms with van der Waals surface area (Å²) in [4.78, 5) is 12.0. The predicted molar refractivity (Wildman–Crippen MR) is 78.1 cm³/mol. The number of rotatable bonds is 4. The summed E-state index contributed by atoms with van der Waals surface area (Å²) in [6.07, 6.45) is 0.908. The second-order valence-electron chi connectivity index (χ2n) is 4.79. The lowest BCUT2D eigenvalue weighted by Gasteiger charge is -2.10. The smallest absolute Gasteiger partial charge is 0.254 e. The first-order chi connectivity index (χ1) is 9.61. The van der Waals surface area contributed by atoms with Crippen LogP contribution >= 0.6 is 0 Å². The van der Waals surface area contributed by atoms with Gasteiger partial charge in [-0.2, -0.15) is 0 Å². The summed E-state index contributed by atoms with van der Waals surface area (Å²) in [5, 5.41) is 2.77. The molecule has 0 unspecified atom stereocenters. The molecule has 0 bridgehead atoms. The lowest BCUT2D eigenvalue weighted by Crippen LogP contribution is -2.24. The number of halogens is 1. The zero-order valence-corrected chi connectivity index (χ0v) is 11.7. The topological polar surface area (TPSA) is 29.1 Å². The van der Waals surface area contributed by atoms with Gasteiger partial charge >= 0.3 is 0 Å². The fourth-order valence-electron chi connectivity index (χ4n) is 2.15. The number of nitrogens with one attached hydrogen (secondary N) is 1. The van der Waals surface area contributed by atoms with Crippen LogP contribution in [0.1, 0.15) is 34.0 Å². The summed E-state index contributed by atoms with van der Waals surface area (Å²) in [6.45, 7) is 4.28. The molecule has 0 atom stereocenters. The molecule has 0 fully saturated rings. The first kappa shape index (κ1) is 14.3. The highest BCUT2D eigenvalue weighted by atomic mass is 19.1. The predicted octanol–water partition coefficient (Wildman–Crippen LogP) is 3.63. The Bertz CT molecular complexity index is 622. The third kappa shape index (κ3) is 3.23. The van der Waals surface area contributed by atoms with Crippen LogP contribution in [0.2, 0.25) is 0 Å². The Hall–Kier alpha value is -2.16. The van der Waals surface area contributed by atoms with E-state index >= 15 is 0 Å². The van der Waals surface area contributed by atoms with Crippen molar-refractivity contribution in [3.8, 4) is 0 Å². The van der Waals surface area contributed by atoms with Gasteiger partial charge < -0.3 is 5.32 Å². The Labute approximate surface area is 118 Å². The fraction of sp³-hybridized carbons (Fsp3) is 0.235. The van der Waals surface area contributed by atoms with Crippen LogP contribution in [0.3, 0.4) is 0 Å². The van der Waals surface area contributed by atoms with Crippen molar-refractivity contribution >= 4 is 5.91 Å².